The Hall–Kier alpha value is -3.70. The van der Waals surface area contributed by atoms with Crippen molar-refractivity contribution < 1.29 is 32.2 Å². The van der Waals surface area contributed by atoms with Crippen molar-refractivity contribution in [3.8, 4) is 5.75 Å². The molecule has 0 saturated carbocycles. The van der Waals surface area contributed by atoms with Crippen molar-refractivity contribution in [3.63, 3.8) is 0 Å². The van der Waals surface area contributed by atoms with Crippen LogP contribution in [0.25, 0.3) is 0 Å². The van der Waals surface area contributed by atoms with E-state index in [9.17, 15) is 22.8 Å². The summed E-state index contributed by atoms with van der Waals surface area (Å²) in [4.78, 5) is 31.1. The van der Waals surface area contributed by atoms with Crippen LogP contribution in [0.3, 0.4) is 0 Å². The van der Waals surface area contributed by atoms with Crippen LogP contribution in [0.2, 0.25) is 0 Å². The van der Waals surface area contributed by atoms with E-state index in [1.807, 2.05) is 0 Å². The lowest BCUT2D eigenvalue weighted by Crippen LogP contribution is -2.38. The fraction of sp³-hybridized carbons (Fsp3) is 0.435. The van der Waals surface area contributed by atoms with E-state index in [0.29, 0.717) is 31.6 Å². The molecule has 5 N–H and O–H groups in total. The second-order valence-electron chi connectivity index (χ2n) is 9.15. The van der Waals surface area contributed by atoms with Crippen LogP contribution in [0.4, 0.5) is 35.2 Å². The van der Waals surface area contributed by atoms with Crippen LogP contribution < -0.4 is 21.5 Å². The molecule has 35 heavy (non-hydrogen) atoms. The minimum atomic E-state index is -4.94. The highest BCUT2D eigenvalue weighted by atomic mass is 19.4. The van der Waals surface area contributed by atoms with Gasteiger partial charge >= 0.3 is 12.5 Å². The van der Waals surface area contributed by atoms with Gasteiger partial charge in [0.15, 0.2) is 0 Å². The maximum absolute atomic E-state index is 13.3. The molecule has 12 heteroatoms. The number of nitrogen functional groups attached to an aromatic ring is 2. The standard InChI is InChI=1S/C23H28F3N5O4/c1-22(2,3)35-21(33)30-17-12-14(34-23(24,25)26)4-5-16(17)20(32)31-10-7-13(8-11-31)15-6-9-29-19(28)18(15)27/h4-6,9,12-13H,7-8,10-11,27H2,1-3H3,(H2,28,29)(H,30,33). The van der Waals surface area contributed by atoms with Crippen molar-refractivity contribution >= 4 is 29.2 Å². The van der Waals surface area contributed by atoms with Gasteiger partial charge in [-0.05, 0) is 63.3 Å². The number of rotatable bonds is 4. The number of nitrogens with zero attached hydrogens (tertiary/aromatic N) is 2. The number of anilines is 3. The summed E-state index contributed by atoms with van der Waals surface area (Å²) >= 11 is 0. The van der Waals surface area contributed by atoms with Crippen LogP contribution in [0.1, 0.15) is 55.5 Å². The van der Waals surface area contributed by atoms with Crippen LogP contribution in [0, 0.1) is 0 Å². The first-order valence-electron chi connectivity index (χ1n) is 10.9. The fourth-order valence-electron chi connectivity index (χ4n) is 3.85. The van der Waals surface area contributed by atoms with Gasteiger partial charge in [0, 0.05) is 25.4 Å². The Bertz CT molecular complexity index is 1090. The first-order chi connectivity index (χ1) is 16.2. The minimum Gasteiger partial charge on any atom is -0.444 e. The molecule has 0 atom stereocenters. The number of nitrogens with one attached hydrogen (secondary N) is 1. The number of hydrogen-bond donors (Lipinski definition) is 3. The highest BCUT2D eigenvalue weighted by molar-refractivity contribution is 6.03. The largest absolute Gasteiger partial charge is 0.573 e. The molecule has 1 aliphatic rings. The van der Waals surface area contributed by atoms with Crippen molar-refractivity contribution in [1.82, 2.24) is 9.88 Å². The Morgan fingerprint density at radius 1 is 1.11 bits per heavy atom. The predicted octanol–water partition coefficient (Wildman–Crippen LogP) is 4.51. The molecular formula is C23H28F3N5O4. The minimum absolute atomic E-state index is 0.0107. The Kier molecular flexibility index (Phi) is 7.32. The van der Waals surface area contributed by atoms with Gasteiger partial charge in [0.05, 0.1) is 16.9 Å². The zero-order valence-electron chi connectivity index (χ0n) is 19.6. The van der Waals surface area contributed by atoms with Crippen LogP contribution in [0.15, 0.2) is 30.5 Å². The van der Waals surface area contributed by atoms with Crippen molar-refractivity contribution in [2.75, 3.05) is 29.9 Å². The molecule has 9 nitrogen and oxygen atoms in total. The van der Waals surface area contributed by atoms with Gasteiger partial charge in [-0.15, -0.1) is 13.2 Å². The SMILES string of the molecule is CC(C)(C)OC(=O)Nc1cc(OC(F)(F)F)ccc1C(=O)N1CCC(c2ccnc(N)c2N)CC1. The lowest BCUT2D eigenvalue weighted by molar-refractivity contribution is -0.274. The number of nitrogens with two attached hydrogens (primary N) is 2. The van der Waals surface area contributed by atoms with E-state index in [-0.39, 0.29) is 23.0 Å². The average Bonchev–Trinajstić information content (AvgIpc) is 2.73. The van der Waals surface area contributed by atoms with Gasteiger partial charge < -0.3 is 25.8 Å². The zero-order chi connectivity index (χ0) is 26.0. The molecule has 2 amide bonds. The third-order valence-corrected chi connectivity index (χ3v) is 5.37. The molecule has 0 unspecified atom stereocenters. The van der Waals surface area contributed by atoms with Gasteiger partial charge in [-0.1, -0.05) is 0 Å². The zero-order valence-corrected chi connectivity index (χ0v) is 19.6. The summed E-state index contributed by atoms with van der Waals surface area (Å²) in [6, 6.07) is 4.95. The summed E-state index contributed by atoms with van der Waals surface area (Å²) in [5.74, 6) is -0.703. The molecule has 0 radical (unpaired) electrons. The number of likely N-dealkylation sites (tertiary alicyclic amines) is 1. The number of carbonyl (C=O) groups excluding carboxylic acids is 2. The summed E-state index contributed by atoms with van der Waals surface area (Å²) in [6.45, 7) is 5.65. The highest BCUT2D eigenvalue weighted by Gasteiger charge is 2.32. The molecule has 2 aromatic rings. The first kappa shape index (κ1) is 25.9. The molecule has 0 bridgehead atoms. The van der Waals surface area contributed by atoms with Crippen molar-refractivity contribution in [1.29, 1.82) is 0 Å². The number of halogens is 3. The van der Waals surface area contributed by atoms with Crippen molar-refractivity contribution in [2.24, 2.45) is 0 Å². The average molecular weight is 496 g/mol. The topological polar surface area (TPSA) is 133 Å². The smallest absolute Gasteiger partial charge is 0.444 e. The number of piperidine rings is 1. The van der Waals surface area contributed by atoms with Gasteiger partial charge in [-0.2, -0.15) is 0 Å². The van der Waals surface area contributed by atoms with Crippen LogP contribution >= 0.6 is 0 Å². The number of carbonyl (C=O) groups is 2. The van der Waals surface area contributed by atoms with E-state index < -0.39 is 29.7 Å². The number of benzene rings is 1. The number of alkyl halides is 3. The molecule has 190 valence electrons. The quantitative estimate of drug-likeness (QED) is 0.568. The van der Waals surface area contributed by atoms with Crippen LogP contribution in [-0.4, -0.2) is 46.9 Å². The number of pyridine rings is 1. The molecule has 1 aromatic heterocycles. The van der Waals surface area contributed by atoms with E-state index in [1.165, 1.54) is 6.07 Å². The second kappa shape index (κ2) is 9.88. The number of hydrogen-bond acceptors (Lipinski definition) is 7. The Morgan fingerprint density at radius 2 is 1.77 bits per heavy atom. The summed E-state index contributed by atoms with van der Waals surface area (Å²) in [5.41, 5.74) is 12.1. The number of ether oxygens (including phenoxy) is 2. The molecule has 1 aliphatic heterocycles. The van der Waals surface area contributed by atoms with E-state index in [0.717, 1.165) is 17.7 Å². The van der Waals surface area contributed by atoms with E-state index >= 15 is 0 Å². The molecule has 1 fully saturated rings. The Morgan fingerprint density at radius 3 is 2.37 bits per heavy atom. The third kappa shape index (κ3) is 6.90. The number of amides is 2. The highest BCUT2D eigenvalue weighted by Crippen LogP contribution is 2.35. The van der Waals surface area contributed by atoms with E-state index in [4.69, 9.17) is 16.2 Å². The van der Waals surface area contributed by atoms with Gasteiger partial charge in [-0.25, -0.2) is 9.78 Å². The van der Waals surface area contributed by atoms with Crippen LogP contribution in [-0.2, 0) is 4.74 Å². The molecule has 2 heterocycles. The van der Waals surface area contributed by atoms with Gasteiger partial charge in [0.1, 0.15) is 17.2 Å². The predicted molar refractivity (Wildman–Crippen MR) is 124 cm³/mol. The maximum Gasteiger partial charge on any atom is 0.573 e. The summed E-state index contributed by atoms with van der Waals surface area (Å²) in [7, 11) is 0. The van der Waals surface area contributed by atoms with Gasteiger partial charge in [-0.3, -0.25) is 10.1 Å². The lowest BCUT2D eigenvalue weighted by atomic mass is 9.88. The monoisotopic (exact) mass is 495 g/mol. The third-order valence-electron chi connectivity index (χ3n) is 5.37. The molecular weight excluding hydrogens is 467 g/mol. The summed E-state index contributed by atoms with van der Waals surface area (Å²) in [5, 5.41) is 2.37. The van der Waals surface area contributed by atoms with E-state index in [2.05, 4.69) is 15.0 Å². The van der Waals surface area contributed by atoms with Gasteiger partial charge in [0.25, 0.3) is 5.91 Å². The molecule has 3 rings (SSSR count). The van der Waals surface area contributed by atoms with Crippen LogP contribution in [0.5, 0.6) is 5.75 Å². The maximum atomic E-state index is 13.3. The molecule has 1 aromatic carbocycles. The molecule has 0 aliphatic carbocycles. The first-order valence-corrected chi connectivity index (χ1v) is 10.9. The fourth-order valence-corrected chi connectivity index (χ4v) is 3.85. The second-order valence-corrected chi connectivity index (χ2v) is 9.15. The Balaban J connectivity index is 1.80. The van der Waals surface area contributed by atoms with Crippen molar-refractivity contribution in [2.45, 2.75) is 51.5 Å². The summed E-state index contributed by atoms with van der Waals surface area (Å²) < 4.78 is 47.2. The summed E-state index contributed by atoms with van der Waals surface area (Å²) in [6.07, 6.45) is -3.07. The lowest BCUT2D eigenvalue weighted by Gasteiger charge is -2.33. The van der Waals surface area contributed by atoms with Gasteiger partial charge in [0.2, 0.25) is 0 Å². The molecule has 0 spiro atoms. The normalized spacial score (nSPS) is 15.0. The Labute approximate surface area is 200 Å². The number of aromatic nitrogens is 1. The van der Waals surface area contributed by atoms with Crippen molar-refractivity contribution in [3.05, 3.63) is 41.6 Å². The van der Waals surface area contributed by atoms with E-state index in [1.54, 1.807) is 37.9 Å². The molecule has 1 saturated heterocycles.